The number of non-ortho nitro benzene ring substituents is 1. The molecule has 0 atom stereocenters. The van der Waals surface area contributed by atoms with Gasteiger partial charge in [0.25, 0.3) is 11.6 Å². The first-order valence-electron chi connectivity index (χ1n) is 10.8. The lowest BCUT2D eigenvalue weighted by atomic mass is 10.2. The van der Waals surface area contributed by atoms with Crippen LogP contribution in [0.1, 0.15) is 10.4 Å². The Kier molecular flexibility index (Phi) is 8.14. The molecular weight excluding hydrogens is 523 g/mol. The van der Waals surface area contributed by atoms with Crippen molar-refractivity contribution in [1.29, 1.82) is 0 Å². The average molecular weight is 543 g/mol. The highest BCUT2D eigenvalue weighted by molar-refractivity contribution is 8.00. The number of halogens is 2. The van der Waals surface area contributed by atoms with E-state index < -0.39 is 4.92 Å². The van der Waals surface area contributed by atoms with Crippen LogP contribution in [-0.2, 0) is 11.3 Å². The number of fused-ring (bicyclic) bond motifs is 1. The second kappa shape index (κ2) is 11.5. The first kappa shape index (κ1) is 25.6. The normalized spacial score (nSPS) is 10.8. The van der Waals surface area contributed by atoms with E-state index in [1.54, 1.807) is 12.1 Å². The lowest BCUT2D eigenvalue weighted by Gasteiger charge is -2.09. The molecule has 8 nitrogen and oxygen atoms in total. The SMILES string of the molecule is O=C(CSc1cn(CCNC(=O)c2ccc(Cl)cc2Cl)c2ccccc12)Nc1ccc([N+](=O)[O-])cc1. The smallest absolute Gasteiger partial charge is 0.269 e. The van der Waals surface area contributed by atoms with Gasteiger partial charge < -0.3 is 15.2 Å². The van der Waals surface area contributed by atoms with Crippen molar-refractivity contribution in [2.75, 3.05) is 17.6 Å². The van der Waals surface area contributed by atoms with Crippen LogP contribution in [0.3, 0.4) is 0 Å². The molecule has 0 saturated carbocycles. The highest BCUT2D eigenvalue weighted by atomic mass is 35.5. The highest BCUT2D eigenvalue weighted by Gasteiger charge is 2.13. The standard InChI is InChI=1S/C25H20Cl2N4O4S/c26-16-5-10-19(21(27)13-16)25(33)28-11-12-30-14-23(20-3-1-2-4-22(20)30)36-15-24(32)29-17-6-8-18(9-7-17)31(34)35/h1-10,13-14H,11-12,15H2,(H,28,33)(H,29,32). The maximum absolute atomic E-state index is 12.5. The molecule has 0 radical (unpaired) electrons. The Morgan fingerprint density at radius 2 is 1.78 bits per heavy atom. The molecule has 0 aliphatic rings. The number of nitrogens with one attached hydrogen (secondary N) is 2. The van der Waals surface area contributed by atoms with E-state index in [1.165, 1.54) is 42.1 Å². The summed E-state index contributed by atoms with van der Waals surface area (Å²) >= 11 is 13.4. The van der Waals surface area contributed by atoms with E-state index in [0.717, 1.165) is 15.8 Å². The summed E-state index contributed by atoms with van der Waals surface area (Å²) in [6.45, 7) is 0.897. The first-order valence-corrected chi connectivity index (χ1v) is 12.5. The van der Waals surface area contributed by atoms with E-state index >= 15 is 0 Å². The van der Waals surface area contributed by atoms with Gasteiger partial charge in [-0.15, -0.1) is 11.8 Å². The van der Waals surface area contributed by atoms with Crippen molar-refractivity contribution in [3.8, 4) is 0 Å². The van der Waals surface area contributed by atoms with Crippen molar-refractivity contribution in [1.82, 2.24) is 9.88 Å². The number of carbonyl (C=O) groups excluding carboxylic acids is 2. The highest BCUT2D eigenvalue weighted by Crippen LogP contribution is 2.30. The van der Waals surface area contributed by atoms with Gasteiger partial charge in [-0.2, -0.15) is 0 Å². The summed E-state index contributed by atoms with van der Waals surface area (Å²) < 4.78 is 2.02. The van der Waals surface area contributed by atoms with Gasteiger partial charge >= 0.3 is 0 Å². The number of thioether (sulfide) groups is 1. The third kappa shape index (κ3) is 6.17. The monoisotopic (exact) mass is 542 g/mol. The molecule has 0 aliphatic heterocycles. The summed E-state index contributed by atoms with van der Waals surface area (Å²) in [5.74, 6) is -0.347. The van der Waals surface area contributed by atoms with Crippen LogP contribution in [-0.4, -0.2) is 33.6 Å². The van der Waals surface area contributed by atoms with Crippen LogP contribution < -0.4 is 10.6 Å². The van der Waals surface area contributed by atoms with E-state index in [1.807, 2.05) is 35.0 Å². The molecular formula is C25H20Cl2N4O4S. The van der Waals surface area contributed by atoms with Gasteiger partial charge in [-0.3, -0.25) is 19.7 Å². The number of aromatic nitrogens is 1. The summed E-state index contributed by atoms with van der Waals surface area (Å²) in [6.07, 6.45) is 1.95. The summed E-state index contributed by atoms with van der Waals surface area (Å²) in [7, 11) is 0. The van der Waals surface area contributed by atoms with Crippen LogP contribution in [0.25, 0.3) is 10.9 Å². The molecule has 4 aromatic rings. The molecule has 0 aliphatic carbocycles. The Morgan fingerprint density at radius 3 is 2.50 bits per heavy atom. The maximum Gasteiger partial charge on any atom is 0.269 e. The summed E-state index contributed by atoms with van der Waals surface area (Å²) in [5, 5.41) is 18.1. The number of nitrogens with zero attached hydrogens (tertiary/aromatic N) is 2. The van der Waals surface area contributed by atoms with Crippen LogP contribution >= 0.6 is 35.0 Å². The lowest BCUT2D eigenvalue weighted by Crippen LogP contribution is -2.27. The molecule has 2 N–H and O–H groups in total. The Balaban J connectivity index is 1.37. The molecule has 0 unspecified atom stereocenters. The Morgan fingerprint density at radius 1 is 1.03 bits per heavy atom. The zero-order valence-electron chi connectivity index (χ0n) is 18.7. The molecule has 0 saturated heterocycles. The molecule has 36 heavy (non-hydrogen) atoms. The van der Waals surface area contributed by atoms with Crippen LogP contribution in [0.4, 0.5) is 11.4 Å². The summed E-state index contributed by atoms with van der Waals surface area (Å²) in [6, 6.07) is 18.2. The fourth-order valence-electron chi connectivity index (χ4n) is 3.58. The van der Waals surface area contributed by atoms with Crippen LogP contribution in [0, 0.1) is 10.1 Å². The second-order valence-corrected chi connectivity index (χ2v) is 9.59. The molecule has 2 amide bonds. The third-order valence-corrected chi connectivity index (χ3v) is 6.88. The molecule has 0 fully saturated rings. The Bertz CT molecular complexity index is 1440. The van der Waals surface area contributed by atoms with Gasteiger partial charge in [0.15, 0.2) is 0 Å². The van der Waals surface area contributed by atoms with E-state index in [9.17, 15) is 19.7 Å². The number of hydrogen-bond donors (Lipinski definition) is 2. The van der Waals surface area contributed by atoms with Gasteiger partial charge in [0.05, 0.1) is 21.3 Å². The summed E-state index contributed by atoms with van der Waals surface area (Å²) in [5.41, 5.74) is 1.79. The number of rotatable bonds is 9. The van der Waals surface area contributed by atoms with Crippen molar-refractivity contribution >= 4 is 69.1 Å². The van der Waals surface area contributed by atoms with Crippen molar-refractivity contribution in [2.45, 2.75) is 11.4 Å². The molecule has 184 valence electrons. The van der Waals surface area contributed by atoms with Gasteiger partial charge in [0, 0.05) is 57.9 Å². The minimum absolute atomic E-state index is 0.0392. The van der Waals surface area contributed by atoms with Crippen LogP contribution in [0.5, 0.6) is 0 Å². The number of para-hydroxylation sites is 1. The minimum Gasteiger partial charge on any atom is -0.350 e. The molecule has 4 rings (SSSR count). The third-order valence-electron chi connectivity index (χ3n) is 5.29. The number of nitro benzene ring substituents is 1. The summed E-state index contributed by atoms with van der Waals surface area (Å²) in [4.78, 5) is 36.1. The van der Waals surface area contributed by atoms with Crippen LogP contribution in [0.15, 0.2) is 77.8 Å². The number of nitro groups is 1. The van der Waals surface area contributed by atoms with Gasteiger partial charge in [0.1, 0.15) is 0 Å². The predicted molar refractivity (Wildman–Crippen MR) is 143 cm³/mol. The quantitative estimate of drug-likeness (QED) is 0.153. The maximum atomic E-state index is 12.5. The molecule has 0 spiro atoms. The number of anilines is 1. The molecule has 1 heterocycles. The van der Waals surface area contributed by atoms with Gasteiger partial charge in [-0.25, -0.2) is 0 Å². The minimum atomic E-state index is -0.491. The molecule has 3 aromatic carbocycles. The van der Waals surface area contributed by atoms with Gasteiger partial charge in [-0.1, -0.05) is 41.4 Å². The van der Waals surface area contributed by atoms with E-state index in [4.69, 9.17) is 23.2 Å². The molecule has 0 bridgehead atoms. The average Bonchev–Trinajstić information content (AvgIpc) is 3.20. The van der Waals surface area contributed by atoms with Gasteiger partial charge in [-0.05, 0) is 36.4 Å². The largest absolute Gasteiger partial charge is 0.350 e. The van der Waals surface area contributed by atoms with Crippen molar-refractivity contribution < 1.29 is 14.5 Å². The fraction of sp³-hybridized carbons (Fsp3) is 0.120. The Hall–Kier alpha value is -3.53. The molecule has 1 aromatic heterocycles. The topological polar surface area (TPSA) is 106 Å². The second-order valence-electron chi connectivity index (χ2n) is 7.72. The zero-order valence-corrected chi connectivity index (χ0v) is 21.1. The van der Waals surface area contributed by atoms with Crippen molar-refractivity contribution in [2.24, 2.45) is 0 Å². The van der Waals surface area contributed by atoms with Gasteiger partial charge in [0.2, 0.25) is 5.91 Å². The number of hydrogen-bond acceptors (Lipinski definition) is 5. The van der Waals surface area contributed by atoms with Crippen LogP contribution in [0.2, 0.25) is 10.0 Å². The number of carbonyl (C=O) groups is 2. The van der Waals surface area contributed by atoms with E-state index in [0.29, 0.717) is 29.4 Å². The number of benzene rings is 3. The first-order chi connectivity index (χ1) is 17.3. The molecule has 11 heteroatoms. The fourth-order valence-corrected chi connectivity index (χ4v) is 4.96. The van der Waals surface area contributed by atoms with Crippen molar-refractivity contribution in [3.63, 3.8) is 0 Å². The van der Waals surface area contributed by atoms with E-state index in [2.05, 4.69) is 10.6 Å². The zero-order chi connectivity index (χ0) is 25.7. The Labute approximate surface area is 220 Å². The van der Waals surface area contributed by atoms with Crippen molar-refractivity contribution in [3.05, 3.63) is 98.6 Å². The van der Waals surface area contributed by atoms with E-state index in [-0.39, 0.29) is 28.3 Å². The predicted octanol–water partition coefficient (Wildman–Crippen LogP) is 6.02. The number of amides is 2. The lowest BCUT2D eigenvalue weighted by molar-refractivity contribution is -0.384.